The zero-order valence-corrected chi connectivity index (χ0v) is 12.6. The van der Waals surface area contributed by atoms with E-state index in [1.54, 1.807) is 18.2 Å². The van der Waals surface area contributed by atoms with Crippen molar-refractivity contribution in [2.75, 3.05) is 12.8 Å². The number of nitrogen functional groups attached to an aromatic ring is 1. The zero-order valence-electron chi connectivity index (χ0n) is 10.2. The fourth-order valence-electron chi connectivity index (χ4n) is 1.57. The molecule has 2 aromatic rings. The van der Waals surface area contributed by atoms with Gasteiger partial charge in [0.25, 0.3) is 0 Å². The van der Waals surface area contributed by atoms with E-state index < -0.39 is 10.0 Å². The second kappa shape index (κ2) is 5.36. The molecule has 0 aliphatic carbocycles. The topological polar surface area (TPSA) is 76.5 Å². The van der Waals surface area contributed by atoms with Crippen LogP contribution in [-0.4, -0.2) is 19.8 Å². The minimum Gasteiger partial charge on any atom is -0.468 e. The normalized spacial score (nSPS) is 11.9. The van der Waals surface area contributed by atoms with E-state index in [1.165, 1.54) is 29.7 Å². The minimum atomic E-state index is -3.58. The smallest absolute Gasteiger partial charge is 0.243 e. The highest BCUT2D eigenvalue weighted by Gasteiger charge is 2.22. The fraction of sp³-hybridized carbons (Fsp3) is 0.167. The maximum Gasteiger partial charge on any atom is 0.243 e. The summed E-state index contributed by atoms with van der Waals surface area (Å²) in [6.07, 6.45) is 1.51. The van der Waals surface area contributed by atoms with Crippen LogP contribution in [0.1, 0.15) is 5.76 Å². The Bertz CT molecular complexity index is 668. The van der Waals surface area contributed by atoms with Crippen molar-refractivity contribution in [1.29, 1.82) is 0 Å². The van der Waals surface area contributed by atoms with Crippen molar-refractivity contribution in [3.8, 4) is 0 Å². The van der Waals surface area contributed by atoms with Gasteiger partial charge in [0.2, 0.25) is 10.0 Å². The van der Waals surface area contributed by atoms with Crippen molar-refractivity contribution in [1.82, 2.24) is 4.31 Å². The van der Waals surface area contributed by atoms with Gasteiger partial charge in [0, 0.05) is 17.2 Å². The fourth-order valence-corrected chi connectivity index (χ4v) is 2.99. The molecule has 0 saturated heterocycles. The molecule has 7 heteroatoms. The monoisotopic (exact) mass is 344 g/mol. The van der Waals surface area contributed by atoms with Crippen LogP contribution in [-0.2, 0) is 16.6 Å². The van der Waals surface area contributed by atoms with Crippen molar-refractivity contribution in [2.45, 2.75) is 11.4 Å². The number of hydrogen-bond acceptors (Lipinski definition) is 4. The van der Waals surface area contributed by atoms with E-state index in [9.17, 15) is 8.42 Å². The molecule has 0 amide bonds. The molecule has 0 aliphatic rings. The van der Waals surface area contributed by atoms with Crippen LogP contribution in [0.15, 0.2) is 50.4 Å². The second-order valence-corrected chi connectivity index (χ2v) is 6.92. The summed E-state index contributed by atoms with van der Waals surface area (Å²) < 4.78 is 31.7. The standard InChI is InChI=1S/C12H13BrN2O3S/c1-15(8-9-3-2-6-18-9)19(16,17)10-4-5-11(13)12(14)7-10/h2-7H,8,14H2,1H3. The molecule has 1 heterocycles. The van der Waals surface area contributed by atoms with Crippen molar-refractivity contribution >= 4 is 31.6 Å². The van der Waals surface area contributed by atoms with Gasteiger partial charge < -0.3 is 10.2 Å². The lowest BCUT2D eigenvalue weighted by molar-refractivity contribution is 0.406. The highest BCUT2D eigenvalue weighted by atomic mass is 79.9. The molecule has 5 nitrogen and oxygen atoms in total. The molecule has 1 aromatic carbocycles. The number of furan rings is 1. The van der Waals surface area contributed by atoms with E-state index in [-0.39, 0.29) is 11.4 Å². The largest absolute Gasteiger partial charge is 0.468 e. The van der Waals surface area contributed by atoms with Crippen LogP contribution in [0.3, 0.4) is 0 Å². The average molecular weight is 345 g/mol. The van der Waals surface area contributed by atoms with Crippen molar-refractivity contribution in [2.24, 2.45) is 0 Å². The summed E-state index contributed by atoms with van der Waals surface area (Å²) >= 11 is 3.23. The van der Waals surface area contributed by atoms with Gasteiger partial charge in [-0.2, -0.15) is 4.31 Å². The van der Waals surface area contributed by atoms with Crippen molar-refractivity contribution in [3.63, 3.8) is 0 Å². The Morgan fingerprint density at radius 1 is 1.37 bits per heavy atom. The Kier molecular flexibility index (Phi) is 3.98. The highest BCUT2D eigenvalue weighted by Crippen LogP contribution is 2.25. The van der Waals surface area contributed by atoms with Crippen LogP contribution in [0.4, 0.5) is 5.69 Å². The third-order valence-corrected chi connectivity index (χ3v) is 5.16. The van der Waals surface area contributed by atoms with E-state index in [1.807, 2.05) is 0 Å². The Morgan fingerprint density at radius 2 is 2.11 bits per heavy atom. The molecule has 0 spiro atoms. The summed E-state index contributed by atoms with van der Waals surface area (Å²) in [7, 11) is -2.09. The van der Waals surface area contributed by atoms with Crippen LogP contribution in [0.25, 0.3) is 0 Å². The lowest BCUT2D eigenvalue weighted by atomic mass is 10.3. The molecule has 102 valence electrons. The van der Waals surface area contributed by atoms with Gasteiger partial charge in [0.15, 0.2) is 0 Å². The van der Waals surface area contributed by atoms with Gasteiger partial charge in [-0.3, -0.25) is 0 Å². The maximum absolute atomic E-state index is 12.3. The Morgan fingerprint density at radius 3 is 2.68 bits per heavy atom. The molecule has 0 radical (unpaired) electrons. The van der Waals surface area contributed by atoms with Crippen LogP contribution in [0.5, 0.6) is 0 Å². The van der Waals surface area contributed by atoms with Gasteiger partial charge >= 0.3 is 0 Å². The highest BCUT2D eigenvalue weighted by molar-refractivity contribution is 9.10. The first-order chi connectivity index (χ1) is 8.91. The number of anilines is 1. The first-order valence-corrected chi connectivity index (χ1v) is 7.68. The third-order valence-electron chi connectivity index (χ3n) is 2.63. The number of nitrogens with zero attached hydrogens (tertiary/aromatic N) is 1. The summed E-state index contributed by atoms with van der Waals surface area (Å²) in [6, 6.07) is 7.99. The quantitative estimate of drug-likeness (QED) is 0.864. The summed E-state index contributed by atoms with van der Waals surface area (Å²) in [4.78, 5) is 0.155. The molecule has 2 N–H and O–H groups in total. The van der Waals surface area contributed by atoms with Gasteiger partial charge in [0.1, 0.15) is 5.76 Å². The van der Waals surface area contributed by atoms with Gasteiger partial charge in [-0.1, -0.05) is 0 Å². The van der Waals surface area contributed by atoms with Crippen LogP contribution >= 0.6 is 15.9 Å². The average Bonchev–Trinajstić information content (AvgIpc) is 2.85. The molecular formula is C12H13BrN2O3S. The zero-order chi connectivity index (χ0) is 14.0. The summed E-state index contributed by atoms with van der Waals surface area (Å²) in [6.45, 7) is 0.172. The molecule has 2 rings (SSSR count). The Hall–Kier alpha value is -1.31. The van der Waals surface area contributed by atoms with E-state index in [2.05, 4.69) is 15.9 Å². The molecular weight excluding hydrogens is 332 g/mol. The first-order valence-electron chi connectivity index (χ1n) is 5.45. The molecule has 19 heavy (non-hydrogen) atoms. The van der Waals surface area contributed by atoms with Gasteiger partial charge in [0.05, 0.1) is 17.7 Å². The van der Waals surface area contributed by atoms with Gasteiger partial charge in [-0.05, 0) is 46.3 Å². The molecule has 0 aliphatic heterocycles. The minimum absolute atomic E-state index is 0.155. The predicted octanol–water partition coefficient (Wildman–Crippen LogP) is 2.45. The maximum atomic E-state index is 12.3. The molecule has 0 atom stereocenters. The number of rotatable bonds is 4. The lowest BCUT2D eigenvalue weighted by Crippen LogP contribution is -2.26. The van der Waals surface area contributed by atoms with Crippen LogP contribution in [0, 0.1) is 0 Å². The molecule has 0 saturated carbocycles. The first kappa shape index (κ1) is 14.1. The van der Waals surface area contributed by atoms with Crippen molar-refractivity contribution in [3.05, 3.63) is 46.8 Å². The van der Waals surface area contributed by atoms with E-state index in [4.69, 9.17) is 10.2 Å². The number of nitrogens with two attached hydrogens (primary N) is 1. The molecule has 0 bridgehead atoms. The van der Waals surface area contributed by atoms with E-state index in [0.29, 0.717) is 15.9 Å². The summed E-state index contributed by atoms with van der Waals surface area (Å²) in [5, 5.41) is 0. The van der Waals surface area contributed by atoms with Crippen LogP contribution < -0.4 is 5.73 Å². The third kappa shape index (κ3) is 2.99. The Labute approximate surface area is 120 Å². The van der Waals surface area contributed by atoms with Gasteiger partial charge in [-0.15, -0.1) is 0 Å². The molecule has 0 fully saturated rings. The summed E-state index contributed by atoms with van der Waals surface area (Å²) in [5.41, 5.74) is 6.09. The summed E-state index contributed by atoms with van der Waals surface area (Å²) in [5.74, 6) is 0.580. The van der Waals surface area contributed by atoms with Crippen LogP contribution in [0.2, 0.25) is 0 Å². The second-order valence-electron chi connectivity index (χ2n) is 4.02. The SMILES string of the molecule is CN(Cc1ccco1)S(=O)(=O)c1ccc(Br)c(N)c1. The number of hydrogen-bond donors (Lipinski definition) is 1. The molecule has 0 unspecified atom stereocenters. The number of halogens is 1. The molecule has 1 aromatic heterocycles. The van der Waals surface area contributed by atoms with Gasteiger partial charge in [-0.25, -0.2) is 8.42 Å². The number of sulfonamides is 1. The van der Waals surface area contributed by atoms with Crippen molar-refractivity contribution < 1.29 is 12.8 Å². The predicted molar refractivity (Wildman–Crippen MR) is 75.9 cm³/mol. The number of benzene rings is 1. The van der Waals surface area contributed by atoms with E-state index >= 15 is 0 Å². The lowest BCUT2D eigenvalue weighted by Gasteiger charge is -2.16. The van der Waals surface area contributed by atoms with E-state index in [0.717, 1.165) is 0 Å². The Balaban J connectivity index is 2.28.